The second-order valence-electron chi connectivity index (χ2n) is 5.88. The van der Waals surface area contributed by atoms with E-state index in [9.17, 15) is 14.4 Å². The Morgan fingerprint density at radius 2 is 1.86 bits per heavy atom. The van der Waals surface area contributed by atoms with E-state index in [0.29, 0.717) is 24.0 Å². The smallest absolute Gasteiger partial charge is 0.252 e. The molecule has 0 aliphatic heterocycles. The van der Waals surface area contributed by atoms with E-state index in [1.807, 2.05) is 0 Å². The normalized spacial score (nSPS) is 18.1. The topological polar surface area (TPSA) is 52.9 Å². The van der Waals surface area contributed by atoms with Crippen LogP contribution in [-0.4, -0.2) is 11.4 Å². The Morgan fingerprint density at radius 1 is 1.24 bits per heavy atom. The summed E-state index contributed by atoms with van der Waals surface area (Å²) >= 11 is 0. The summed E-state index contributed by atoms with van der Waals surface area (Å²) in [5.41, 5.74) is 0.218. The lowest BCUT2D eigenvalue weighted by Gasteiger charge is -2.30. The summed E-state index contributed by atoms with van der Waals surface area (Å²) in [6.07, 6.45) is 6.61. The summed E-state index contributed by atoms with van der Waals surface area (Å²) in [7, 11) is 0. The van der Waals surface area contributed by atoms with Crippen molar-refractivity contribution < 1.29 is 9.18 Å². The van der Waals surface area contributed by atoms with Gasteiger partial charge in [-0.05, 0) is 37.5 Å². The molecule has 0 aromatic heterocycles. The average molecular weight is 288 g/mol. The van der Waals surface area contributed by atoms with Gasteiger partial charge in [0.2, 0.25) is 0 Å². The fourth-order valence-corrected chi connectivity index (χ4v) is 2.90. The van der Waals surface area contributed by atoms with Crippen LogP contribution in [0.25, 0.3) is 0 Å². The van der Waals surface area contributed by atoms with Gasteiger partial charge in [-0.3, -0.25) is 4.79 Å². The number of hydrogen-bond acceptors (Lipinski definition) is 2. The molecule has 1 N–H and O–H groups in total. The van der Waals surface area contributed by atoms with Crippen molar-refractivity contribution in [1.82, 2.24) is 5.32 Å². The minimum atomic E-state index is -0.809. The molecule has 21 heavy (non-hydrogen) atoms. The molecule has 1 amide bonds. The quantitative estimate of drug-likeness (QED) is 0.898. The first-order valence-electron chi connectivity index (χ1n) is 7.56. The Hall–Kier alpha value is -1.89. The largest absolute Gasteiger partial charge is 0.334 e. The van der Waals surface area contributed by atoms with E-state index in [1.54, 1.807) is 13.0 Å². The van der Waals surface area contributed by atoms with Gasteiger partial charge in [-0.1, -0.05) is 38.2 Å². The number of carbonyl (C=O) groups is 1. The number of aryl methyl sites for hydroxylation is 1. The number of carbonyl (C=O) groups excluding carboxylic acids is 1. The summed E-state index contributed by atoms with van der Waals surface area (Å²) in [6.45, 7) is 1.77. The van der Waals surface area contributed by atoms with Gasteiger partial charge in [0.1, 0.15) is 11.4 Å². The summed E-state index contributed by atoms with van der Waals surface area (Å²) in [5.74, 6) is -0.788. The predicted molar refractivity (Wildman–Crippen MR) is 79.3 cm³/mol. The van der Waals surface area contributed by atoms with Crippen molar-refractivity contribution >= 4 is 5.91 Å². The van der Waals surface area contributed by atoms with E-state index in [1.165, 1.54) is 18.6 Å². The third kappa shape index (κ3) is 3.81. The molecule has 0 spiro atoms. The molecule has 1 aliphatic rings. The molecule has 1 aliphatic carbocycles. The highest BCUT2D eigenvalue weighted by atomic mass is 19.1. The van der Waals surface area contributed by atoms with Crippen molar-refractivity contribution in [2.45, 2.75) is 57.4 Å². The summed E-state index contributed by atoms with van der Waals surface area (Å²) in [4.78, 5) is 12.4. The Morgan fingerprint density at radius 3 is 2.48 bits per heavy atom. The molecule has 3 nitrogen and oxygen atoms in total. The number of benzene rings is 1. The third-order valence-electron chi connectivity index (χ3n) is 4.22. The van der Waals surface area contributed by atoms with Crippen LogP contribution in [0.5, 0.6) is 0 Å². The molecular weight excluding hydrogens is 267 g/mol. The Bertz CT molecular complexity index is 554. The number of hydrogen-bond donors (Lipinski definition) is 1. The van der Waals surface area contributed by atoms with Crippen molar-refractivity contribution in [3.63, 3.8) is 0 Å². The standard InChI is InChI=1S/C17H21FN2O/c1-13-7-8-14(18)11-15(13)16(21)20-17(12-19)9-5-3-2-4-6-10-17/h7-8,11H,2-6,9-10H2,1H3,(H,20,21). The number of rotatable bonds is 2. The van der Waals surface area contributed by atoms with Crippen LogP contribution in [0.2, 0.25) is 0 Å². The lowest BCUT2D eigenvalue weighted by atomic mass is 9.84. The van der Waals surface area contributed by atoms with Gasteiger partial charge >= 0.3 is 0 Å². The van der Waals surface area contributed by atoms with Gasteiger partial charge in [0.25, 0.3) is 5.91 Å². The lowest BCUT2D eigenvalue weighted by Crippen LogP contribution is -2.48. The molecule has 2 rings (SSSR count). The number of nitriles is 1. The zero-order valence-electron chi connectivity index (χ0n) is 12.4. The van der Waals surface area contributed by atoms with Crippen LogP contribution in [0.1, 0.15) is 60.9 Å². The summed E-state index contributed by atoms with van der Waals surface area (Å²) in [5, 5.41) is 12.4. The molecule has 1 aromatic carbocycles. The van der Waals surface area contributed by atoms with Crippen molar-refractivity contribution in [3.05, 3.63) is 35.1 Å². The van der Waals surface area contributed by atoms with Crippen LogP contribution in [-0.2, 0) is 0 Å². The van der Waals surface area contributed by atoms with E-state index in [2.05, 4.69) is 11.4 Å². The molecule has 0 radical (unpaired) electrons. The molecule has 0 atom stereocenters. The molecule has 0 heterocycles. The monoisotopic (exact) mass is 288 g/mol. The number of halogens is 1. The van der Waals surface area contributed by atoms with Gasteiger partial charge in [-0.2, -0.15) is 5.26 Å². The highest BCUT2D eigenvalue weighted by Gasteiger charge is 2.32. The molecule has 1 aromatic rings. The zero-order valence-corrected chi connectivity index (χ0v) is 12.4. The first-order chi connectivity index (χ1) is 10.1. The second-order valence-corrected chi connectivity index (χ2v) is 5.88. The fraction of sp³-hybridized carbons (Fsp3) is 0.529. The average Bonchev–Trinajstić information content (AvgIpc) is 2.44. The minimum absolute atomic E-state index is 0.312. The van der Waals surface area contributed by atoms with Gasteiger partial charge in [-0.25, -0.2) is 4.39 Å². The number of nitrogens with one attached hydrogen (secondary N) is 1. The van der Waals surface area contributed by atoms with E-state index < -0.39 is 11.4 Å². The summed E-state index contributed by atoms with van der Waals surface area (Å²) < 4.78 is 13.3. The highest BCUT2D eigenvalue weighted by Crippen LogP contribution is 2.26. The van der Waals surface area contributed by atoms with Crippen LogP contribution in [0.15, 0.2) is 18.2 Å². The maximum Gasteiger partial charge on any atom is 0.252 e. The minimum Gasteiger partial charge on any atom is -0.334 e. The molecule has 1 saturated carbocycles. The van der Waals surface area contributed by atoms with Crippen molar-refractivity contribution in [2.24, 2.45) is 0 Å². The van der Waals surface area contributed by atoms with Crippen LogP contribution in [0.4, 0.5) is 4.39 Å². The first-order valence-corrected chi connectivity index (χ1v) is 7.56. The fourth-order valence-electron chi connectivity index (χ4n) is 2.90. The first kappa shape index (κ1) is 15.5. The third-order valence-corrected chi connectivity index (χ3v) is 4.22. The molecule has 0 saturated heterocycles. The van der Waals surface area contributed by atoms with Gasteiger partial charge in [0, 0.05) is 5.56 Å². The van der Waals surface area contributed by atoms with E-state index in [0.717, 1.165) is 25.7 Å². The Labute approximate surface area is 125 Å². The highest BCUT2D eigenvalue weighted by molar-refractivity contribution is 5.96. The van der Waals surface area contributed by atoms with Gasteiger partial charge in [0.15, 0.2) is 0 Å². The molecule has 112 valence electrons. The van der Waals surface area contributed by atoms with Crippen molar-refractivity contribution in [2.75, 3.05) is 0 Å². The lowest BCUT2D eigenvalue weighted by molar-refractivity contribution is 0.0906. The van der Waals surface area contributed by atoms with Crippen molar-refractivity contribution in [1.29, 1.82) is 5.26 Å². The maximum absolute atomic E-state index is 13.3. The molecule has 0 unspecified atom stereocenters. The molecule has 1 fully saturated rings. The maximum atomic E-state index is 13.3. The van der Waals surface area contributed by atoms with E-state index in [-0.39, 0.29) is 5.91 Å². The zero-order chi connectivity index (χ0) is 15.3. The van der Waals surface area contributed by atoms with Crippen LogP contribution in [0.3, 0.4) is 0 Å². The van der Waals surface area contributed by atoms with Crippen molar-refractivity contribution in [3.8, 4) is 6.07 Å². The van der Waals surface area contributed by atoms with Gasteiger partial charge in [0.05, 0.1) is 6.07 Å². The summed E-state index contributed by atoms with van der Waals surface area (Å²) in [6, 6.07) is 6.45. The molecule has 4 heteroatoms. The van der Waals surface area contributed by atoms with Gasteiger partial charge < -0.3 is 5.32 Å². The Balaban J connectivity index is 2.18. The van der Waals surface area contributed by atoms with E-state index >= 15 is 0 Å². The Kier molecular flexibility index (Phi) is 4.95. The van der Waals surface area contributed by atoms with Crippen LogP contribution < -0.4 is 5.32 Å². The van der Waals surface area contributed by atoms with Crippen LogP contribution in [0, 0.1) is 24.1 Å². The number of nitrogens with zero attached hydrogens (tertiary/aromatic N) is 1. The molecule has 0 bridgehead atoms. The van der Waals surface area contributed by atoms with E-state index in [4.69, 9.17) is 0 Å². The SMILES string of the molecule is Cc1ccc(F)cc1C(=O)NC1(C#N)CCCCCCC1. The predicted octanol–water partition coefficient (Wildman–Crippen LogP) is 3.87. The van der Waals surface area contributed by atoms with Gasteiger partial charge in [-0.15, -0.1) is 0 Å². The molecular formula is C17H21FN2O. The second kappa shape index (κ2) is 6.71. The van der Waals surface area contributed by atoms with Crippen LogP contribution >= 0.6 is 0 Å². The number of amides is 1.